The van der Waals surface area contributed by atoms with Gasteiger partial charge in [-0.05, 0) is 12.5 Å². The number of rotatable bonds is 4. The minimum atomic E-state index is -0.691. The van der Waals surface area contributed by atoms with Crippen LogP contribution in [0.3, 0.4) is 0 Å². The topological polar surface area (TPSA) is 62.2 Å². The average Bonchev–Trinajstić information content (AvgIpc) is 2.83. The summed E-state index contributed by atoms with van der Waals surface area (Å²) in [7, 11) is 0. The van der Waals surface area contributed by atoms with Crippen LogP contribution in [-0.4, -0.2) is 22.5 Å². The third-order valence-electron chi connectivity index (χ3n) is 2.59. The second-order valence-corrected chi connectivity index (χ2v) is 4.76. The Hall–Kier alpha value is -1.72. The number of hydrogen-bond donors (Lipinski definition) is 2. The first-order valence-electron chi connectivity index (χ1n) is 5.60. The molecule has 0 radical (unpaired) electrons. The smallest absolute Gasteiger partial charge is 0.263 e. The molecule has 2 aromatic rings. The molecule has 18 heavy (non-hydrogen) atoms. The lowest BCUT2D eigenvalue weighted by molar-refractivity contribution is 0.0919. The Morgan fingerprint density at radius 2 is 2.17 bits per heavy atom. The van der Waals surface area contributed by atoms with Crippen LogP contribution < -0.4 is 5.32 Å². The number of benzene rings is 1. The van der Waals surface area contributed by atoms with E-state index in [1.807, 2.05) is 30.3 Å². The summed E-state index contributed by atoms with van der Waals surface area (Å²) in [6.45, 7) is 1.99. The Kier molecular flexibility index (Phi) is 4.07. The Bertz CT molecular complexity index is 525. The number of aromatic nitrogens is 1. The molecule has 1 unspecified atom stereocenters. The predicted molar refractivity (Wildman–Crippen MR) is 70.6 cm³/mol. The van der Waals surface area contributed by atoms with Crippen molar-refractivity contribution in [2.45, 2.75) is 13.0 Å². The fraction of sp³-hybridized carbons (Fsp3) is 0.231. The summed E-state index contributed by atoms with van der Waals surface area (Å²) in [4.78, 5) is 16.4. The Balaban J connectivity index is 1.93. The van der Waals surface area contributed by atoms with E-state index in [2.05, 4.69) is 10.3 Å². The fourth-order valence-electron chi connectivity index (χ4n) is 1.58. The molecular weight excluding hydrogens is 248 g/mol. The van der Waals surface area contributed by atoms with Crippen LogP contribution in [0, 0.1) is 6.92 Å². The zero-order chi connectivity index (χ0) is 13.0. The van der Waals surface area contributed by atoms with Crippen LogP contribution in [0.4, 0.5) is 0 Å². The van der Waals surface area contributed by atoms with Gasteiger partial charge in [0.15, 0.2) is 0 Å². The normalized spacial score (nSPS) is 12.1. The predicted octanol–water partition coefficient (Wildman–Crippen LogP) is 1.91. The first kappa shape index (κ1) is 12.7. The standard InChI is InChI=1S/C13H14N2O2S/c1-9-12(18-8-15-9)13(17)14-7-11(16)10-5-3-2-4-6-10/h2-6,8,11,16H,7H2,1H3,(H,14,17). The molecule has 5 heteroatoms. The molecule has 0 aliphatic heterocycles. The maximum absolute atomic E-state index is 11.8. The van der Waals surface area contributed by atoms with Crippen LogP contribution in [0.15, 0.2) is 35.8 Å². The summed E-state index contributed by atoms with van der Waals surface area (Å²) < 4.78 is 0. The second kappa shape index (κ2) is 5.75. The quantitative estimate of drug-likeness (QED) is 0.884. The van der Waals surface area contributed by atoms with Crippen LogP contribution >= 0.6 is 11.3 Å². The SMILES string of the molecule is Cc1ncsc1C(=O)NCC(O)c1ccccc1. The molecule has 0 aliphatic rings. The van der Waals surface area contributed by atoms with Gasteiger partial charge in [-0.25, -0.2) is 4.98 Å². The number of amides is 1. The van der Waals surface area contributed by atoms with Gasteiger partial charge >= 0.3 is 0 Å². The van der Waals surface area contributed by atoms with Crippen molar-refractivity contribution in [2.75, 3.05) is 6.54 Å². The van der Waals surface area contributed by atoms with Gasteiger partial charge in [-0.3, -0.25) is 4.79 Å². The summed E-state index contributed by atoms with van der Waals surface area (Å²) in [5.41, 5.74) is 3.14. The van der Waals surface area contributed by atoms with Crippen LogP contribution in [0.2, 0.25) is 0 Å². The molecule has 0 bridgehead atoms. The van der Waals surface area contributed by atoms with E-state index >= 15 is 0 Å². The monoisotopic (exact) mass is 262 g/mol. The molecule has 1 aromatic heterocycles. The number of thiazole rings is 1. The van der Waals surface area contributed by atoms with Gasteiger partial charge in [-0.15, -0.1) is 11.3 Å². The van der Waals surface area contributed by atoms with E-state index in [4.69, 9.17) is 0 Å². The lowest BCUT2D eigenvalue weighted by atomic mass is 10.1. The maximum Gasteiger partial charge on any atom is 0.263 e. The number of aliphatic hydroxyl groups excluding tert-OH is 1. The highest BCUT2D eigenvalue weighted by molar-refractivity contribution is 7.11. The van der Waals surface area contributed by atoms with Crippen molar-refractivity contribution in [2.24, 2.45) is 0 Å². The van der Waals surface area contributed by atoms with Gasteiger partial charge in [-0.1, -0.05) is 30.3 Å². The highest BCUT2D eigenvalue weighted by Gasteiger charge is 2.13. The fourth-order valence-corrected chi connectivity index (χ4v) is 2.30. The van der Waals surface area contributed by atoms with Gasteiger partial charge in [-0.2, -0.15) is 0 Å². The number of aliphatic hydroxyl groups is 1. The summed E-state index contributed by atoms with van der Waals surface area (Å²) >= 11 is 1.30. The van der Waals surface area contributed by atoms with Gasteiger partial charge in [0.25, 0.3) is 5.91 Å². The second-order valence-electron chi connectivity index (χ2n) is 3.90. The van der Waals surface area contributed by atoms with Crippen molar-refractivity contribution in [3.63, 3.8) is 0 Å². The third kappa shape index (κ3) is 2.94. The first-order chi connectivity index (χ1) is 8.68. The summed E-state index contributed by atoms with van der Waals surface area (Å²) in [6, 6.07) is 9.25. The average molecular weight is 262 g/mol. The minimum Gasteiger partial charge on any atom is -0.387 e. The number of nitrogens with zero attached hydrogens (tertiary/aromatic N) is 1. The third-order valence-corrected chi connectivity index (χ3v) is 3.52. The van der Waals surface area contributed by atoms with Crippen molar-refractivity contribution < 1.29 is 9.90 Å². The Labute approximate surface area is 109 Å². The molecule has 1 heterocycles. The van der Waals surface area contributed by atoms with E-state index < -0.39 is 6.10 Å². The van der Waals surface area contributed by atoms with E-state index in [1.165, 1.54) is 11.3 Å². The molecule has 0 fully saturated rings. The number of hydrogen-bond acceptors (Lipinski definition) is 4. The van der Waals surface area contributed by atoms with Gasteiger partial charge in [0, 0.05) is 6.54 Å². The van der Waals surface area contributed by atoms with Crippen molar-refractivity contribution in [1.82, 2.24) is 10.3 Å². The van der Waals surface area contributed by atoms with Gasteiger partial charge in [0.2, 0.25) is 0 Å². The molecule has 0 saturated heterocycles. The Morgan fingerprint density at radius 3 is 2.78 bits per heavy atom. The highest BCUT2D eigenvalue weighted by Crippen LogP contribution is 2.13. The highest BCUT2D eigenvalue weighted by atomic mass is 32.1. The molecule has 1 atom stereocenters. The van der Waals surface area contributed by atoms with Crippen molar-refractivity contribution >= 4 is 17.2 Å². The number of carbonyl (C=O) groups excluding carboxylic acids is 1. The summed E-state index contributed by atoms with van der Waals surface area (Å²) in [5.74, 6) is -0.190. The van der Waals surface area contributed by atoms with Crippen molar-refractivity contribution in [1.29, 1.82) is 0 Å². The van der Waals surface area contributed by atoms with Crippen molar-refractivity contribution in [3.8, 4) is 0 Å². The summed E-state index contributed by atoms with van der Waals surface area (Å²) in [6.07, 6.45) is -0.691. The van der Waals surface area contributed by atoms with Gasteiger partial charge in [0.05, 0.1) is 17.3 Å². The van der Waals surface area contributed by atoms with Crippen LogP contribution in [-0.2, 0) is 0 Å². The molecular formula is C13H14N2O2S. The lowest BCUT2D eigenvalue weighted by Gasteiger charge is -2.11. The minimum absolute atomic E-state index is 0.190. The van der Waals surface area contributed by atoms with Crippen LogP contribution in [0.25, 0.3) is 0 Å². The summed E-state index contributed by atoms with van der Waals surface area (Å²) in [5, 5.41) is 12.6. The maximum atomic E-state index is 11.8. The van der Waals surface area contributed by atoms with E-state index in [0.29, 0.717) is 10.6 Å². The molecule has 2 rings (SSSR count). The van der Waals surface area contributed by atoms with E-state index in [1.54, 1.807) is 12.4 Å². The van der Waals surface area contributed by atoms with E-state index in [0.717, 1.165) is 5.56 Å². The first-order valence-corrected chi connectivity index (χ1v) is 6.47. The number of carbonyl (C=O) groups is 1. The Morgan fingerprint density at radius 1 is 1.44 bits per heavy atom. The molecule has 2 N–H and O–H groups in total. The molecule has 1 amide bonds. The lowest BCUT2D eigenvalue weighted by Crippen LogP contribution is -2.28. The van der Waals surface area contributed by atoms with Gasteiger partial charge in [0.1, 0.15) is 4.88 Å². The molecule has 94 valence electrons. The largest absolute Gasteiger partial charge is 0.387 e. The van der Waals surface area contributed by atoms with Crippen molar-refractivity contribution in [3.05, 3.63) is 52.0 Å². The van der Waals surface area contributed by atoms with E-state index in [-0.39, 0.29) is 12.5 Å². The molecule has 0 aliphatic carbocycles. The van der Waals surface area contributed by atoms with Gasteiger partial charge < -0.3 is 10.4 Å². The van der Waals surface area contributed by atoms with Crippen LogP contribution in [0.5, 0.6) is 0 Å². The zero-order valence-electron chi connectivity index (χ0n) is 9.96. The molecule has 0 saturated carbocycles. The number of nitrogens with one attached hydrogen (secondary N) is 1. The zero-order valence-corrected chi connectivity index (χ0v) is 10.8. The number of aryl methyl sites for hydroxylation is 1. The van der Waals surface area contributed by atoms with Crippen LogP contribution in [0.1, 0.15) is 27.0 Å². The molecule has 4 nitrogen and oxygen atoms in total. The van der Waals surface area contributed by atoms with E-state index in [9.17, 15) is 9.90 Å². The molecule has 1 aromatic carbocycles. The molecule has 0 spiro atoms.